The van der Waals surface area contributed by atoms with Crippen molar-refractivity contribution in [3.8, 4) is 0 Å². The van der Waals surface area contributed by atoms with Crippen LogP contribution in [0, 0.1) is 0 Å². The van der Waals surface area contributed by atoms with E-state index in [2.05, 4.69) is 9.68 Å². The molecule has 58 valence electrons. The molecular weight excluding hydrogens is 153 g/mol. The molecule has 0 N–H and O–H groups in total. The van der Waals surface area contributed by atoms with Crippen LogP contribution in [0.5, 0.6) is 0 Å². The van der Waals surface area contributed by atoms with Crippen LogP contribution in [0.1, 0.15) is 13.8 Å². The van der Waals surface area contributed by atoms with Crippen LogP contribution in [-0.4, -0.2) is 18.9 Å². The molecule has 5 heteroatoms. The standard InChI is InChI=1S/C5H10NO3P/c1-3-8-6-5(2)4-9-10-7/h3-4H2,1-2H3/b6-5-. The fourth-order valence-electron chi connectivity index (χ4n) is 0.321. The van der Waals surface area contributed by atoms with Gasteiger partial charge in [-0.05, 0) is 13.8 Å². The van der Waals surface area contributed by atoms with E-state index in [0.717, 1.165) is 0 Å². The first kappa shape index (κ1) is 9.53. The van der Waals surface area contributed by atoms with E-state index in [1.54, 1.807) is 6.92 Å². The molecule has 0 fully saturated rings. The van der Waals surface area contributed by atoms with E-state index in [0.29, 0.717) is 12.3 Å². The van der Waals surface area contributed by atoms with E-state index < -0.39 is 0 Å². The van der Waals surface area contributed by atoms with E-state index in [9.17, 15) is 4.57 Å². The molecule has 0 rings (SSSR count). The minimum absolute atomic E-state index is 0.241. The summed E-state index contributed by atoms with van der Waals surface area (Å²) in [7, 11) is -0.327. The van der Waals surface area contributed by atoms with Crippen molar-refractivity contribution >= 4 is 14.4 Å². The van der Waals surface area contributed by atoms with Crippen molar-refractivity contribution in [2.45, 2.75) is 13.8 Å². The summed E-state index contributed by atoms with van der Waals surface area (Å²) in [4.78, 5) is 4.70. The van der Waals surface area contributed by atoms with Gasteiger partial charge in [0.2, 0.25) is 0 Å². The maximum absolute atomic E-state index is 9.76. The third-order valence-electron chi connectivity index (χ3n) is 0.676. The third kappa shape index (κ3) is 5.66. The molecule has 0 aliphatic rings. The average Bonchev–Trinajstić information content (AvgIpc) is 1.97. The van der Waals surface area contributed by atoms with Gasteiger partial charge in [-0.3, -0.25) is 4.52 Å². The van der Waals surface area contributed by atoms with Gasteiger partial charge in [-0.2, -0.15) is 0 Å². The minimum Gasteiger partial charge on any atom is -0.396 e. The van der Waals surface area contributed by atoms with E-state index in [1.165, 1.54) is 0 Å². The number of nitrogens with zero attached hydrogens (tertiary/aromatic N) is 1. The Bertz CT molecular complexity index is 126. The summed E-state index contributed by atoms with van der Waals surface area (Å²) in [6.45, 7) is 4.35. The number of hydrogen-bond acceptors (Lipinski definition) is 4. The SMILES string of the molecule is CCO/N=C(/C)COP=O. The fourth-order valence-corrected chi connectivity index (χ4v) is 0.560. The lowest BCUT2D eigenvalue weighted by molar-refractivity contribution is 0.156. The summed E-state index contributed by atoms with van der Waals surface area (Å²) in [5.41, 5.74) is 0.671. The van der Waals surface area contributed by atoms with Gasteiger partial charge in [-0.1, -0.05) is 5.16 Å². The average molecular weight is 163 g/mol. The highest BCUT2D eigenvalue weighted by Gasteiger charge is 1.90. The molecule has 0 aromatic rings. The molecule has 0 radical (unpaired) electrons. The highest BCUT2D eigenvalue weighted by molar-refractivity contribution is 7.17. The zero-order chi connectivity index (χ0) is 7.82. The molecule has 0 amide bonds. The zero-order valence-electron chi connectivity index (χ0n) is 6.03. The van der Waals surface area contributed by atoms with Crippen molar-refractivity contribution in [1.29, 1.82) is 0 Å². The van der Waals surface area contributed by atoms with Crippen LogP contribution in [-0.2, 0) is 13.9 Å². The van der Waals surface area contributed by atoms with Gasteiger partial charge in [0.25, 0.3) is 0 Å². The van der Waals surface area contributed by atoms with E-state index in [1.807, 2.05) is 6.92 Å². The second-order valence-electron chi connectivity index (χ2n) is 1.59. The van der Waals surface area contributed by atoms with Gasteiger partial charge in [0.15, 0.2) is 0 Å². The van der Waals surface area contributed by atoms with Crippen molar-refractivity contribution in [2.75, 3.05) is 13.2 Å². The third-order valence-corrected chi connectivity index (χ3v) is 0.910. The van der Waals surface area contributed by atoms with Gasteiger partial charge in [0.1, 0.15) is 13.2 Å². The van der Waals surface area contributed by atoms with Gasteiger partial charge >= 0.3 is 8.69 Å². The molecular formula is C5H10NO3P. The summed E-state index contributed by atoms with van der Waals surface area (Å²) in [6, 6.07) is 0. The normalized spacial score (nSPS) is 12.0. The topological polar surface area (TPSA) is 47.9 Å². The number of hydrogen-bond donors (Lipinski definition) is 0. The first-order valence-electron chi connectivity index (χ1n) is 2.91. The van der Waals surface area contributed by atoms with E-state index in [4.69, 9.17) is 4.84 Å². The molecule has 0 bridgehead atoms. The summed E-state index contributed by atoms with van der Waals surface area (Å²) >= 11 is 0. The van der Waals surface area contributed by atoms with Crippen LogP contribution in [0.25, 0.3) is 0 Å². The first-order valence-corrected chi connectivity index (χ1v) is 3.64. The molecule has 0 atom stereocenters. The van der Waals surface area contributed by atoms with Crippen LogP contribution >= 0.6 is 8.69 Å². The smallest absolute Gasteiger partial charge is 0.327 e. The Morgan fingerprint density at radius 1 is 1.70 bits per heavy atom. The van der Waals surface area contributed by atoms with Gasteiger partial charge in [0.05, 0.1) is 5.71 Å². The Morgan fingerprint density at radius 3 is 2.90 bits per heavy atom. The molecule has 0 spiro atoms. The molecule has 10 heavy (non-hydrogen) atoms. The maximum Gasteiger partial charge on any atom is 0.327 e. The van der Waals surface area contributed by atoms with E-state index >= 15 is 0 Å². The number of oxime groups is 1. The summed E-state index contributed by atoms with van der Waals surface area (Å²) in [6.07, 6.45) is 0. The first-order chi connectivity index (χ1) is 4.81. The quantitative estimate of drug-likeness (QED) is 0.351. The molecule has 0 unspecified atom stereocenters. The lowest BCUT2D eigenvalue weighted by Gasteiger charge is -1.95. The second-order valence-corrected chi connectivity index (χ2v) is 2.00. The van der Waals surface area contributed by atoms with Crippen LogP contribution < -0.4 is 0 Å². The number of rotatable bonds is 5. The Morgan fingerprint density at radius 2 is 2.40 bits per heavy atom. The van der Waals surface area contributed by atoms with Gasteiger partial charge < -0.3 is 4.84 Å². The molecule has 0 aromatic heterocycles. The molecule has 0 aliphatic heterocycles. The molecule has 0 saturated heterocycles. The Labute approximate surface area is 61.5 Å². The minimum atomic E-state index is -0.327. The van der Waals surface area contributed by atoms with Crippen LogP contribution in [0.15, 0.2) is 5.16 Å². The van der Waals surface area contributed by atoms with E-state index in [-0.39, 0.29) is 15.3 Å². The summed E-state index contributed by atoms with van der Waals surface area (Å²) in [5, 5.41) is 3.63. The van der Waals surface area contributed by atoms with Crippen molar-refractivity contribution in [3.05, 3.63) is 0 Å². The van der Waals surface area contributed by atoms with Crippen molar-refractivity contribution in [3.63, 3.8) is 0 Å². The molecule has 4 nitrogen and oxygen atoms in total. The molecule has 0 saturated carbocycles. The van der Waals surface area contributed by atoms with Crippen molar-refractivity contribution < 1.29 is 13.9 Å². The van der Waals surface area contributed by atoms with Crippen molar-refractivity contribution in [2.24, 2.45) is 5.16 Å². The lowest BCUT2D eigenvalue weighted by Crippen LogP contribution is -2.00. The second kappa shape index (κ2) is 6.65. The van der Waals surface area contributed by atoms with Crippen LogP contribution in [0.2, 0.25) is 0 Å². The van der Waals surface area contributed by atoms with Gasteiger partial charge in [-0.25, -0.2) is 4.57 Å². The fraction of sp³-hybridized carbons (Fsp3) is 0.800. The summed E-state index contributed by atoms with van der Waals surface area (Å²) < 4.78 is 14.3. The van der Waals surface area contributed by atoms with Crippen molar-refractivity contribution in [1.82, 2.24) is 0 Å². The van der Waals surface area contributed by atoms with Crippen LogP contribution in [0.3, 0.4) is 0 Å². The van der Waals surface area contributed by atoms with Crippen LogP contribution in [0.4, 0.5) is 0 Å². The monoisotopic (exact) mass is 163 g/mol. The van der Waals surface area contributed by atoms with Gasteiger partial charge in [0, 0.05) is 0 Å². The Hall–Kier alpha value is -0.470. The highest BCUT2D eigenvalue weighted by atomic mass is 31.1. The predicted octanol–water partition coefficient (Wildman–Crippen LogP) is 1.62. The lowest BCUT2D eigenvalue weighted by atomic mass is 10.5. The molecule has 0 heterocycles. The van der Waals surface area contributed by atoms with Gasteiger partial charge in [-0.15, -0.1) is 0 Å². The highest BCUT2D eigenvalue weighted by Crippen LogP contribution is 1.94. The predicted molar refractivity (Wildman–Crippen MR) is 38.3 cm³/mol. The summed E-state index contributed by atoms with van der Waals surface area (Å²) in [5.74, 6) is 0. The Balaban J connectivity index is 3.38. The molecule has 0 aliphatic carbocycles. The Kier molecular flexibility index (Phi) is 6.33. The molecule has 0 aromatic carbocycles. The zero-order valence-corrected chi connectivity index (χ0v) is 6.93. The largest absolute Gasteiger partial charge is 0.396 e. The maximum atomic E-state index is 9.76.